The lowest BCUT2D eigenvalue weighted by Gasteiger charge is -2.32. The summed E-state index contributed by atoms with van der Waals surface area (Å²) in [6.07, 6.45) is 3.77. The summed E-state index contributed by atoms with van der Waals surface area (Å²) in [6.45, 7) is 7.38. The first-order chi connectivity index (χ1) is 20.3. The zero-order valence-electron chi connectivity index (χ0n) is 24.4. The molecule has 1 aliphatic carbocycles. The lowest BCUT2D eigenvalue weighted by atomic mass is 9.84. The molecule has 3 heterocycles. The topological polar surface area (TPSA) is 94.2 Å². The quantitative estimate of drug-likeness (QED) is 0.410. The monoisotopic (exact) mass is 567 g/mol. The van der Waals surface area contributed by atoms with Gasteiger partial charge in [-0.2, -0.15) is 0 Å². The van der Waals surface area contributed by atoms with E-state index in [0.29, 0.717) is 36.6 Å². The van der Waals surface area contributed by atoms with E-state index in [1.807, 2.05) is 54.3 Å². The first-order valence-electron chi connectivity index (χ1n) is 14.5. The number of ether oxygens (including phenoxy) is 1. The minimum atomic E-state index is -0.458. The standard InChI is InChI=1S/C33H37N5O4/c1-21-15-27-28(17-26(21)33(41)42-3)35-32(40)30(27)31(22-7-5-4-6-8-22)34-25-10-9-23-18-38(19-24(23)16-25)29(39)20-37-13-11-36(2)12-14-37/h4-10,15-17,21,26,34H,11-14,18-20H2,1-3H3,(H,35,40)/b31-30-. The molecule has 9 heteroatoms. The number of methoxy groups -OCH3 is 1. The van der Waals surface area contributed by atoms with E-state index in [0.717, 1.165) is 54.1 Å². The number of carbonyl (C=O) groups excluding carboxylic acids is 3. The molecule has 2 saturated heterocycles. The van der Waals surface area contributed by atoms with Gasteiger partial charge in [0.25, 0.3) is 5.91 Å². The second-order valence-electron chi connectivity index (χ2n) is 11.6. The van der Waals surface area contributed by atoms with E-state index in [2.05, 4.69) is 39.6 Å². The number of allylic oxidation sites excluding steroid dienone is 2. The highest BCUT2D eigenvalue weighted by atomic mass is 16.5. The molecule has 3 aliphatic heterocycles. The van der Waals surface area contributed by atoms with Crippen molar-refractivity contribution in [3.05, 3.63) is 94.2 Å². The number of nitrogens with one attached hydrogen (secondary N) is 2. The zero-order valence-corrected chi connectivity index (χ0v) is 24.4. The Morgan fingerprint density at radius 3 is 2.48 bits per heavy atom. The molecule has 0 bridgehead atoms. The van der Waals surface area contributed by atoms with Crippen LogP contribution in [0, 0.1) is 11.8 Å². The molecule has 2 unspecified atom stereocenters. The van der Waals surface area contributed by atoms with Crippen molar-refractivity contribution >= 4 is 29.2 Å². The van der Waals surface area contributed by atoms with Crippen molar-refractivity contribution in [2.24, 2.45) is 11.8 Å². The van der Waals surface area contributed by atoms with E-state index < -0.39 is 5.92 Å². The minimum Gasteiger partial charge on any atom is -0.469 e. The Hall–Kier alpha value is -4.21. The van der Waals surface area contributed by atoms with E-state index in [9.17, 15) is 14.4 Å². The molecule has 0 aromatic heterocycles. The maximum Gasteiger partial charge on any atom is 0.313 e. The lowest BCUT2D eigenvalue weighted by molar-refractivity contribution is -0.144. The van der Waals surface area contributed by atoms with Crippen molar-refractivity contribution in [3.63, 3.8) is 0 Å². The average Bonchev–Trinajstić information content (AvgIpc) is 3.56. The molecule has 0 spiro atoms. The van der Waals surface area contributed by atoms with Crippen molar-refractivity contribution in [3.8, 4) is 0 Å². The van der Waals surface area contributed by atoms with Gasteiger partial charge >= 0.3 is 5.97 Å². The number of hydrogen-bond acceptors (Lipinski definition) is 7. The van der Waals surface area contributed by atoms with Crippen molar-refractivity contribution in [2.45, 2.75) is 20.0 Å². The second-order valence-corrected chi connectivity index (χ2v) is 11.6. The first kappa shape index (κ1) is 27.9. The molecule has 4 aliphatic rings. The number of amides is 2. The number of hydrogen-bond donors (Lipinski definition) is 2. The summed E-state index contributed by atoms with van der Waals surface area (Å²) in [7, 11) is 3.49. The highest BCUT2D eigenvalue weighted by molar-refractivity contribution is 6.13. The van der Waals surface area contributed by atoms with Gasteiger partial charge in [-0.1, -0.05) is 49.4 Å². The number of piperazine rings is 1. The Kier molecular flexibility index (Phi) is 7.70. The number of anilines is 1. The van der Waals surface area contributed by atoms with E-state index >= 15 is 0 Å². The van der Waals surface area contributed by atoms with Crippen LogP contribution < -0.4 is 10.6 Å². The van der Waals surface area contributed by atoms with Crippen LogP contribution >= 0.6 is 0 Å². The van der Waals surface area contributed by atoms with Crippen LogP contribution in [0.5, 0.6) is 0 Å². The van der Waals surface area contributed by atoms with Gasteiger partial charge in [0.1, 0.15) is 0 Å². The summed E-state index contributed by atoms with van der Waals surface area (Å²) in [5.74, 6) is -0.987. The maximum atomic E-state index is 13.4. The molecular formula is C33H37N5O4. The Labute approximate surface area is 246 Å². The molecule has 42 heavy (non-hydrogen) atoms. The van der Waals surface area contributed by atoms with Crippen LogP contribution in [0.15, 0.2) is 77.5 Å². The molecule has 0 radical (unpaired) electrons. The number of nitrogens with zero attached hydrogens (tertiary/aromatic N) is 3. The predicted molar refractivity (Wildman–Crippen MR) is 161 cm³/mol. The second kappa shape index (κ2) is 11.6. The normalized spacial score (nSPS) is 23.4. The third-order valence-corrected chi connectivity index (χ3v) is 8.67. The Morgan fingerprint density at radius 1 is 1.00 bits per heavy atom. The number of esters is 1. The van der Waals surface area contributed by atoms with Gasteiger partial charge in [0.15, 0.2) is 0 Å². The largest absolute Gasteiger partial charge is 0.469 e. The SMILES string of the molecule is COC(=O)C1C=C2NC(=O)/C(=C(\Nc3ccc4c(c3)CN(C(=O)CN3CCN(C)CC3)C4)c3ccccc3)C2=CC1C. The van der Waals surface area contributed by atoms with Gasteiger partial charge < -0.3 is 25.2 Å². The molecule has 2 N–H and O–H groups in total. The molecule has 6 rings (SSSR count). The van der Waals surface area contributed by atoms with Crippen LogP contribution in [0.3, 0.4) is 0 Å². The van der Waals surface area contributed by atoms with E-state index in [1.165, 1.54) is 7.11 Å². The number of likely N-dealkylation sites (N-methyl/N-ethyl adjacent to an activating group) is 1. The molecule has 2 aromatic carbocycles. The van der Waals surface area contributed by atoms with Gasteiger partial charge in [0, 0.05) is 56.2 Å². The number of fused-ring (bicyclic) bond motifs is 2. The van der Waals surface area contributed by atoms with E-state index in [1.54, 1.807) is 6.08 Å². The van der Waals surface area contributed by atoms with Crippen LogP contribution in [-0.2, 0) is 32.2 Å². The fraction of sp³-hybridized carbons (Fsp3) is 0.364. The minimum absolute atomic E-state index is 0.134. The fourth-order valence-electron chi connectivity index (χ4n) is 6.15. The van der Waals surface area contributed by atoms with E-state index in [-0.39, 0.29) is 23.7 Å². The average molecular weight is 568 g/mol. The first-order valence-corrected chi connectivity index (χ1v) is 14.5. The summed E-state index contributed by atoms with van der Waals surface area (Å²) in [5, 5.41) is 6.51. The molecule has 2 fully saturated rings. The Bertz CT molecular complexity index is 1500. The lowest BCUT2D eigenvalue weighted by Crippen LogP contribution is -2.48. The zero-order chi connectivity index (χ0) is 29.4. The summed E-state index contributed by atoms with van der Waals surface area (Å²) < 4.78 is 4.98. The Morgan fingerprint density at radius 2 is 1.74 bits per heavy atom. The van der Waals surface area contributed by atoms with E-state index in [4.69, 9.17) is 4.74 Å². The van der Waals surface area contributed by atoms with Crippen LogP contribution in [0.1, 0.15) is 23.6 Å². The number of benzene rings is 2. The van der Waals surface area contributed by atoms with Crippen molar-refractivity contribution < 1.29 is 19.1 Å². The van der Waals surface area contributed by atoms with Gasteiger partial charge in [-0.05, 0) is 47.9 Å². The molecule has 218 valence electrons. The molecule has 2 amide bonds. The summed E-state index contributed by atoms with van der Waals surface area (Å²) >= 11 is 0. The molecular weight excluding hydrogens is 530 g/mol. The number of carbonyl (C=O) groups is 3. The Balaban J connectivity index is 1.26. The van der Waals surface area contributed by atoms with Gasteiger partial charge in [-0.15, -0.1) is 0 Å². The highest BCUT2D eigenvalue weighted by Gasteiger charge is 2.37. The van der Waals surface area contributed by atoms with Gasteiger partial charge in [0.2, 0.25) is 5.91 Å². The molecule has 2 atom stereocenters. The number of rotatable bonds is 6. The maximum absolute atomic E-state index is 13.4. The third-order valence-electron chi connectivity index (χ3n) is 8.67. The third kappa shape index (κ3) is 5.49. The van der Waals surface area contributed by atoms with Crippen LogP contribution in [-0.4, -0.2) is 79.4 Å². The summed E-state index contributed by atoms with van der Waals surface area (Å²) in [5.41, 5.74) is 6.59. The van der Waals surface area contributed by atoms with Crippen molar-refractivity contribution in [1.82, 2.24) is 20.0 Å². The van der Waals surface area contributed by atoms with Gasteiger partial charge in [-0.3, -0.25) is 19.3 Å². The predicted octanol–water partition coefficient (Wildman–Crippen LogP) is 2.98. The van der Waals surface area contributed by atoms with Crippen molar-refractivity contribution in [1.29, 1.82) is 0 Å². The van der Waals surface area contributed by atoms with Crippen molar-refractivity contribution in [2.75, 3.05) is 52.2 Å². The summed E-state index contributed by atoms with van der Waals surface area (Å²) in [4.78, 5) is 45.3. The summed E-state index contributed by atoms with van der Waals surface area (Å²) in [6, 6.07) is 15.9. The molecule has 0 saturated carbocycles. The van der Waals surface area contributed by atoms with Crippen LogP contribution in [0.25, 0.3) is 5.70 Å². The highest BCUT2D eigenvalue weighted by Crippen LogP contribution is 2.39. The smallest absolute Gasteiger partial charge is 0.313 e. The fourth-order valence-corrected chi connectivity index (χ4v) is 6.15. The van der Waals surface area contributed by atoms with Gasteiger partial charge in [-0.25, -0.2) is 0 Å². The van der Waals surface area contributed by atoms with Crippen LogP contribution in [0.2, 0.25) is 0 Å². The van der Waals surface area contributed by atoms with Gasteiger partial charge in [0.05, 0.1) is 30.8 Å². The van der Waals surface area contributed by atoms with Crippen LogP contribution in [0.4, 0.5) is 5.69 Å². The molecule has 2 aromatic rings. The molecule has 9 nitrogen and oxygen atoms in total.